The lowest BCUT2D eigenvalue weighted by molar-refractivity contribution is -0.348. The maximum Gasteiger partial charge on any atom is 0.225 e. The zero-order chi connectivity index (χ0) is 22.3. The molecule has 0 N–H and O–H groups in total. The second-order valence-corrected chi connectivity index (χ2v) is 8.03. The van der Waals surface area contributed by atoms with E-state index in [1.807, 2.05) is 27.0 Å². The second-order valence-electron chi connectivity index (χ2n) is 8.03. The van der Waals surface area contributed by atoms with Gasteiger partial charge in [0.25, 0.3) is 0 Å². The number of hydrogen-bond acceptors (Lipinski definition) is 3. The molecule has 0 bridgehead atoms. The van der Waals surface area contributed by atoms with Gasteiger partial charge in [-0.05, 0) is 33.6 Å². The van der Waals surface area contributed by atoms with E-state index in [9.17, 15) is 0 Å². The summed E-state index contributed by atoms with van der Waals surface area (Å²) >= 11 is 0. The summed E-state index contributed by atoms with van der Waals surface area (Å²) in [6, 6.07) is 10.4. The van der Waals surface area contributed by atoms with E-state index in [-0.39, 0.29) is 5.92 Å². The van der Waals surface area contributed by atoms with Gasteiger partial charge in [-0.2, -0.15) is 0 Å². The number of allylic oxidation sites excluding steroid dienone is 1. The fraction of sp³-hybridized carbons (Fsp3) is 0.704. The molecule has 0 aliphatic heterocycles. The SMILES string of the molecule is CC=CC(CCCCCCC)C(CCC)(OC)C(OCC)(OCC)c1ccccc1. The highest BCUT2D eigenvalue weighted by molar-refractivity contribution is 5.26. The molecule has 1 rings (SSSR count). The summed E-state index contributed by atoms with van der Waals surface area (Å²) < 4.78 is 19.6. The van der Waals surface area contributed by atoms with Gasteiger partial charge in [-0.1, -0.05) is 94.9 Å². The zero-order valence-electron chi connectivity index (χ0n) is 20.4. The molecule has 0 heterocycles. The van der Waals surface area contributed by atoms with E-state index in [2.05, 4.69) is 57.2 Å². The largest absolute Gasteiger partial charge is 0.372 e. The van der Waals surface area contributed by atoms with E-state index in [1.165, 1.54) is 32.1 Å². The summed E-state index contributed by atoms with van der Waals surface area (Å²) in [7, 11) is 1.83. The number of hydrogen-bond donors (Lipinski definition) is 0. The fourth-order valence-corrected chi connectivity index (χ4v) is 4.80. The minimum atomic E-state index is -0.948. The third-order valence-electron chi connectivity index (χ3n) is 6.03. The summed E-state index contributed by atoms with van der Waals surface area (Å²) in [4.78, 5) is 0. The monoisotopic (exact) mass is 418 g/mol. The van der Waals surface area contributed by atoms with Crippen molar-refractivity contribution in [2.75, 3.05) is 20.3 Å². The molecule has 30 heavy (non-hydrogen) atoms. The third kappa shape index (κ3) is 6.42. The van der Waals surface area contributed by atoms with Crippen molar-refractivity contribution in [3.8, 4) is 0 Å². The Morgan fingerprint density at radius 3 is 2.00 bits per heavy atom. The Balaban J connectivity index is 3.50. The summed E-state index contributed by atoms with van der Waals surface area (Å²) in [5.41, 5.74) is 0.427. The highest BCUT2D eigenvalue weighted by Gasteiger charge is 2.58. The number of benzene rings is 1. The first-order valence-corrected chi connectivity index (χ1v) is 12.1. The van der Waals surface area contributed by atoms with Crippen LogP contribution in [0.2, 0.25) is 0 Å². The minimum Gasteiger partial charge on any atom is -0.372 e. The van der Waals surface area contributed by atoms with E-state index < -0.39 is 11.4 Å². The van der Waals surface area contributed by atoms with Crippen LogP contribution >= 0.6 is 0 Å². The molecule has 0 radical (unpaired) electrons. The Hall–Kier alpha value is -1.16. The van der Waals surface area contributed by atoms with Crippen LogP contribution in [0.25, 0.3) is 0 Å². The molecule has 0 aliphatic rings. The highest BCUT2D eigenvalue weighted by atomic mass is 16.7. The molecule has 172 valence electrons. The quantitative estimate of drug-likeness (QED) is 0.148. The lowest BCUT2D eigenvalue weighted by Crippen LogP contribution is -2.60. The van der Waals surface area contributed by atoms with Gasteiger partial charge < -0.3 is 14.2 Å². The predicted octanol–water partition coefficient (Wildman–Crippen LogP) is 7.65. The molecule has 1 aromatic rings. The molecular formula is C27H46O3. The zero-order valence-corrected chi connectivity index (χ0v) is 20.4. The van der Waals surface area contributed by atoms with Crippen molar-refractivity contribution >= 4 is 0 Å². The van der Waals surface area contributed by atoms with Crippen molar-refractivity contribution in [2.45, 2.75) is 97.4 Å². The molecule has 0 saturated heterocycles. The van der Waals surface area contributed by atoms with Crippen molar-refractivity contribution in [1.82, 2.24) is 0 Å². The van der Waals surface area contributed by atoms with Crippen molar-refractivity contribution in [2.24, 2.45) is 5.92 Å². The van der Waals surface area contributed by atoms with Crippen LogP contribution in [0, 0.1) is 5.92 Å². The van der Waals surface area contributed by atoms with Crippen molar-refractivity contribution in [1.29, 1.82) is 0 Å². The van der Waals surface area contributed by atoms with Gasteiger partial charge in [0, 0.05) is 31.8 Å². The Morgan fingerprint density at radius 1 is 0.867 bits per heavy atom. The van der Waals surface area contributed by atoms with Gasteiger partial charge in [-0.3, -0.25) is 0 Å². The standard InChI is InChI=1S/C27H46O3/c1-7-12-13-14-16-20-24(19-8-2)26(28-6,23-9-3)27(29-10-4,30-11-5)25-21-17-15-18-22-25/h8,15,17-19,21-22,24H,7,9-14,16,20,23H2,1-6H3. The summed E-state index contributed by atoms with van der Waals surface area (Å²) in [5, 5.41) is 0. The van der Waals surface area contributed by atoms with Crippen molar-refractivity contribution in [3.63, 3.8) is 0 Å². The molecule has 0 amide bonds. The van der Waals surface area contributed by atoms with Crippen LogP contribution in [0.1, 0.15) is 91.5 Å². The molecule has 2 atom stereocenters. The van der Waals surface area contributed by atoms with Crippen LogP contribution in [-0.2, 0) is 20.0 Å². The van der Waals surface area contributed by atoms with Gasteiger partial charge in [0.05, 0.1) is 0 Å². The fourth-order valence-electron chi connectivity index (χ4n) is 4.80. The van der Waals surface area contributed by atoms with E-state index in [0.717, 1.165) is 24.8 Å². The van der Waals surface area contributed by atoms with Gasteiger partial charge in [0.1, 0.15) is 5.60 Å². The Kier molecular flexibility index (Phi) is 13.2. The van der Waals surface area contributed by atoms with E-state index in [1.54, 1.807) is 0 Å². The second kappa shape index (κ2) is 14.8. The highest BCUT2D eigenvalue weighted by Crippen LogP contribution is 2.49. The molecule has 0 saturated carbocycles. The van der Waals surface area contributed by atoms with Gasteiger partial charge >= 0.3 is 0 Å². The normalized spacial score (nSPS) is 15.4. The van der Waals surface area contributed by atoms with Crippen molar-refractivity contribution in [3.05, 3.63) is 48.0 Å². The summed E-state index contributed by atoms with van der Waals surface area (Å²) in [5.74, 6) is -0.747. The molecule has 0 fully saturated rings. The lowest BCUT2D eigenvalue weighted by Gasteiger charge is -2.52. The van der Waals surface area contributed by atoms with E-state index >= 15 is 0 Å². The van der Waals surface area contributed by atoms with Crippen LogP contribution < -0.4 is 0 Å². The smallest absolute Gasteiger partial charge is 0.225 e. The molecule has 3 nitrogen and oxygen atoms in total. The minimum absolute atomic E-state index is 0.201. The molecule has 3 heteroatoms. The van der Waals surface area contributed by atoms with Gasteiger partial charge in [0.15, 0.2) is 0 Å². The van der Waals surface area contributed by atoms with E-state index in [0.29, 0.717) is 13.2 Å². The predicted molar refractivity (Wildman–Crippen MR) is 128 cm³/mol. The maximum atomic E-state index is 6.56. The Morgan fingerprint density at radius 2 is 1.50 bits per heavy atom. The maximum absolute atomic E-state index is 6.56. The first-order valence-electron chi connectivity index (χ1n) is 12.1. The number of unbranched alkanes of at least 4 members (excludes halogenated alkanes) is 4. The number of rotatable bonds is 17. The van der Waals surface area contributed by atoms with Gasteiger partial charge in [-0.15, -0.1) is 0 Å². The van der Waals surface area contributed by atoms with Gasteiger partial charge in [-0.25, -0.2) is 0 Å². The first kappa shape index (κ1) is 26.9. The Bertz CT molecular complexity index is 563. The van der Waals surface area contributed by atoms with Crippen LogP contribution in [-0.4, -0.2) is 25.9 Å². The van der Waals surface area contributed by atoms with Crippen LogP contribution in [0.5, 0.6) is 0 Å². The summed E-state index contributed by atoms with van der Waals surface area (Å²) in [6.45, 7) is 11.8. The summed E-state index contributed by atoms with van der Waals surface area (Å²) in [6.07, 6.45) is 13.7. The molecule has 0 aliphatic carbocycles. The third-order valence-corrected chi connectivity index (χ3v) is 6.03. The number of ether oxygens (including phenoxy) is 3. The van der Waals surface area contributed by atoms with Crippen LogP contribution in [0.4, 0.5) is 0 Å². The van der Waals surface area contributed by atoms with Crippen LogP contribution in [0.3, 0.4) is 0 Å². The molecule has 1 aromatic carbocycles. The molecular weight excluding hydrogens is 372 g/mol. The topological polar surface area (TPSA) is 27.7 Å². The molecule has 0 spiro atoms. The first-order chi connectivity index (χ1) is 14.6. The van der Waals surface area contributed by atoms with Crippen LogP contribution in [0.15, 0.2) is 42.5 Å². The Labute approximate surface area is 186 Å². The van der Waals surface area contributed by atoms with Crippen molar-refractivity contribution < 1.29 is 14.2 Å². The lowest BCUT2D eigenvalue weighted by atomic mass is 9.71. The van der Waals surface area contributed by atoms with E-state index in [4.69, 9.17) is 14.2 Å². The average molecular weight is 419 g/mol. The van der Waals surface area contributed by atoms with Gasteiger partial charge in [0.2, 0.25) is 5.79 Å². The molecule has 2 unspecified atom stereocenters. The molecule has 0 aromatic heterocycles. The number of methoxy groups -OCH3 is 1. The average Bonchev–Trinajstić information content (AvgIpc) is 2.77.